The molecule has 0 spiro atoms. The summed E-state index contributed by atoms with van der Waals surface area (Å²) in [5.41, 5.74) is 0. The quantitative estimate of drug-likeness (QED) is 0.243. The maximum Gasteiger partial charge on any atom is 0.187 e. The van der Waals surface area contributed by atoms with Gasteiger partial charge in [-0.1, -0.05) is 0 Å². The molecule has 0 saturated carbocycles. The largest absolute Gasteiger partial charge is 0.394 e. The predicted molar refractivity (Wildman–Crippen MR) is 68.6 cm³/mol. The molecule has 2 aliphatic rings. The lowest BCUT2D eigenvalue weighted by Crippen LogP contribution is -2.64. The van der Waals surface area contributed by atoms with E-state index in [0.29, 0.717) is 0 Å². The summed E-state index contributed by atoms with van der Waals surface area (Å²) in [4.78, 5) is 0. The highest BCUT2D eigenvalue weighted by atomic mass is 16.7. The summed E-state index contributed by atoms with van der Waals surface area (Å²) in [7, 11) is 0. The van der Waals surface area contributed by atoms with Crippen molar-refractivity contribution in [3.05, 3.63) is 0 Å². The maximum absolute atomic E-state index is 9.94. The summed E-state index contributed by atoms with van der Waals surface area (Å²) in [6, 6.07) is 0. The van der Waals surface area contributed by atoms with Gasteiger partial charge < -0.3 is 55.1 Å². The van der Waals surface area contributed by atoms with Crippen LogP contribution in [0.25, 0.3) is 0 Å². The lowest BCUT2D eigenvalue weighted by Gasteiger charge is -2.45. The SMILES string of the molecule is OC[C@@H]1O[C@H](O[C@H]2[C@@H](O)[C@H](O)[C@@H](O)O[C@H]2CO)[C@@H](O)[C@H](O)[C@H]1O. The Morgan fingerprint density at radius 3 is 1.83 bits per heavy atom. The molecule has 0 amide bonds. The molecule has 2 fully saturated rings. The van der Waals surface area contributed by atoms with Gasteiger partial charge >= 0.3 is 0 Å². The summed E-state index contributed by atoms with van der Waals surface area (Å²) >= 11 is 0. The van der Waals surface area contributed by atoms with Crippen LogP contribution in [0.4, 0.5) is 0 Å². The van der Waals surface area contributed by atoms with Gasteiger partial charge in [-0.3, -0.25) is 0 Å². The Labute approximate surface area is 130 Å². The molecule has 2 heterocycles. The molecule has 11 heteroatoms. The molecule has 0 radical (unpaired) electrons. The Bertz CT molecular complexity index is 378. The van der Waals surface area contributed by atoms with E-state index in [-0.39, 0.29) is 0 Å². The molecule has 0 aromatic heterocycles. The first kappa shape index (κ1) is 18.9. The van der Waals surface area contributed by atoms with Gasteiger partial charge in [0.15, 0.2) is 12.6 Å². The second-order valence-corrected chi connectivity index (χ2v) is 5.53. The summed E-state index contributed by atoms with van der Waals surface area (Å²) in [6.07, 6.45) is -15.6. The van der Waals surface area contributed by atoms with Crippen LogP contribution < -0.4 is 0 Å². The zero-order valence-electron chi connectivity index (χ0n) is 12.0. The van der Waals surface area contributed by atoms with Crippen LogP contribution in [0, 0.1) is 0 Å². The summed E-state index contributed by atoms with van der Waals surface area (Å²) in [5.74, 6) is 0. The van der Waals surface area contributed by atoms with Crippen molar-refractivity contribution in [1.29, 1.82) is 0 Å². The topological polar surface area (TPSA) is 190 Å². The van der Waals surface area contributed by atoms with Crippen LogP contribution in [0.2, 0.25) is 0 Å². The number of aliphatic hydroxyl groups excluding tert-OH is 8. The average Bonchev–Trinajstić information content (AvgIpc) is 2.55. The van der Waals surface area contributed by atoms with Gasteiger partial charge in [-0.25, -0.2) is 0 Å². The van der Waals surface area contributed by atoms with Crippen LogP contribution in [0.3, 0.4) is 0 Å². The van der Waals surface area contributed by atoms with Crippen LogP contribution in [0.5, 0.6) is 0 Å². The molecule has 0 aromatic rings. The van der Waals surface area contributed by atoms with Crippen LogP contribution in [0.15, 0.2) is 0 Å². The van der Waals surface area contributed by atoms with Crippen molar-refractivity contribution in [2.45, 2.75) is 61.4 Å². The standard InChI is InChI=1S/C12H22O11/c13-1-3-5(15)6(16)9(19)12(22-3)23-10-4(2-14)21-11(20)8(18)7(10)17/h3-20H,1-2H2/t3-,4-,5-,6+,7-,8-,9-,10+,11-,12+/m0/s1. The summed E-state index contributed by atoms with van der Waals surface area (Å²) in [6.45, 7) is -1.35. The fourth-order valence-electron chi connectivity index (χ4n) is 2.57. The van der Waals surface area contributed by atoms with Gasteiger partial charge in [-0.15, -0.1) is 0 Å². The average molecular weight is 342 g/mol. The van der Waals surface area contributed by atoms with E-state index in [2.05, 4.69) is 0 Å². The lowest BCUT2D eigenvalue weighted by molar-refractivity contribution is -0.355. The van der Waals surface area contributed by atoms with Crippen molar-refractivity contribution in [3.63, 3.8) is 0 Å². The van der Waals surface area contributed by atoms with Gasteiger partial charge in [0.25, 0.3) is 0 Å². The minimum absolute atomic E-state index is 0.667. The molecule has 0 bridgehead atoms. The van der Waals surface area contributed by atoms with E-state index in [1.165, 1.54) is 0 Å². The third-order valence-corrected chi connectivity index (χ3v) is 3.98. The highest BCUT2D eigenvalue weighted by Crippen LogP contribution is 2.28. The van der Waals surface area contributed by atoms with Crippen LogP contribution in [-0.2, 0) is 14.2 Å². The smallest absolute Gasteiger partial charge is 0.187 e. The van der Waals surface area contributed by atoms with Crippen LogP contribution in [0.1, 0.15) is 0 Å². The molecular weight excluding hydrogens is 320 g/mol. The Morgan fingerprint density at radius 2 is 1.26 bits per heavy atom. The molecule has 10 atom stereocenters. The van der Waals surface area contributed by atoms with Gasteiger partial charge in [-0.2, -0.15) is 0 Å². The van der Waals surface area contributed by atoms with Crippen LogP contribution in [-0.4, -0.2) is 115 Å². The molecule has 8 N–H and O–H groups in total. The third-order valence-electron chi connectivity index (χ3n) is 3.98. The van der Waals surface area contributed by atoms with Crippen molar-refractivity contribution < 1.29 is 55.1 Å². The fourth-order valence-corrected chi connectivity index (χ4v) is 2.57. The third kappa shape index (κ3) is 3.65. The highest BCUT2D eigenvalue weighted by Gasteiger charge is 2.50. The van der Waals surface area contributed by atoms with Gasteiger partial charge in [0.1, 0.15) is 48.8 Å². The van der Waals surface area contributed by atoms with Gasteiger partial charge in [-0.05, 0) is 0 Å². The van der Waals surface area contributed by atoms with E-state index in [1.54, 1.807) is 0 Å². The molecule has 2 rings (SSSR count). The van der Waals surface area contributed by atoms with E-state index in [4.69, 9.17) is 19.3 Å². The fraction of sp³-hybridized carbons (Fsp3) is 1.00. The molecule has 136 valence electrons. The van der Waals surface area contributed by atoms with Crippen molar-refractivity contribution in [3.8, 4) is 0 Å². The van der Waals surface area contributed by atoms with Crippen molar-refractivity contribution in [2.75, 3.05) is 13.2 Å². The number of hydrogen-bond donors (Lipinski definition) is 8. The number of hydrogen-bond acceptors (Lipinski definition) is 11. The Morgan fingerprint density at radius 1 is 0.652 bits per heavy atom. The second-order valence-electron chi connectivity index (χ2n) is 5.53. The number of aliphatic hydroxyl groups is 8. The van der Waals surface area contributed by atoms with Crippen molar-refractivity contribution >= 4 is 0 Å². The molecule has 2 saturated heterocycles. The maximum atomic E-state index is 9.94. The molecule has 0 unspecified atom stereocenters. The Kier molecular flexibility index (Phi) is 6.27. The van der Waals surface area contributed by atoms with Crippen molar-refractivity contribution in [1.82, 2.24) is 0 Å². The van der Waals surface area contributed by atoms with Gasteiger partial charge in [0.05, 0.1) is 13.2 Å². The molecular formula is C12H22O11. The minimum Gasteiger partial charge on any atom is -0.394 e. The number of ether oxygens (including phenoxy) is 3. The van der Waals surface area contributed by atoms with Crippen molar-refractivity contribution in [2.24, 2.45) is 0 Å². The Hall–Kier alpha value is -0.440. The Balaban J connectivity index is 2.11. The zero-order chi connectivity index (χ0) is 17.3. The van der Waals surface area contributed by atoms with E-state index in [0.717, 1.165) is 0 Å². The molecule has 0 aromatic carbocycles. The van der Waals surface area contributed by atoms with Crippen LogP contribution >= 0.6 is 0 Å². The second kappa shape index (κ2) is 7.63. The molecule has 11 nitrogen and oxygen atoms in total. The minimum atomic E-state index is -1.74. The van der Waals surface area contributed by atoms with E-state index in [1.807, 2.05) is 0 Å². The highest BCUT2D eigenvalue weighted by molar-refractivity contribution is 4.93. The van der Waals surface area contributed by atoms with Gasteiger partial charge in [0, 0.05) is 0 Å². The molecule has 23 heavy (non-hydrogen) atoms. The molecule has 0 aliphatic carbocycles. The first-order chi connectivity index (χ1) is 10.8. The monoisotopic (exact) mass is 342 g/mol. The van der Waals surface area contributed by atoms with Gasteiger partial charge in [0.2, 0.25) is 0 Å². The summed E-state index contributed by atoms with van der Waals surface area (Å²) in [5, 5.41) is 76.5. The van der Waals surface area contributed by atoms with E-state index >= 15 is 0 Å². The normalized spacial score (nSPS) is 51.7. The lowest BCUT2D eigenvalue weighted by atomic mass is 9.97. The van der Waals surface area contributed by atoms with E-state index in [9.17, 15) is 35.7 Å². The zero-order valence-corrected chi connectivity index (χ0v) is 12.0. The summed E-state index contributed by atoms with van der Waals surface area (Å²) < 4.78 is 15.3. The van der Waals surface area contributed by atoms with E-state index < -0.39 is 74.6 Å². The predicted octanol–water partition coefficient (Wildman–Crippen LogP) is -5.40. The number of rotatable bonds is 4. The first-order valence-electron chi connectivity index (χ1n) is 7.08. The first-order valence-corrected chi connectivity index (χ1v) is 7.08. The molecule has 2 aliphatic heterocycles.